The Balaban J connectivity index is 2.65. The van der Waals surface area contributed by atoms with Crippen LogP contribution in [0, 0.1) is 5.92 Å². The SMILES string of the molecule is CC(C)CCNS(=O)(=O)c1cn[nH]c1N. The predicted octanol–water partition coefficient (Wildman–Crippen LogP) is 0.316. The van der Waals surface area contributed by atoms with Crippen LogP contribution in [-0.2, 0) is 10.0 Å². The van der Waals surface area contributed by atoms with E-state index in [1.54, 1.807) is 0 Å². The number of rotatable bonds is 5. The molecule has 0 aromatic carbocycles. The van der Waals surface area contributed by atoms with Crippen LogP contribution in [0.2, 0.25) is 0 Å². The molecule has 0 aliphatic rings. The summed E-state index contributed by atoms with van der Waals surface area (Å²) in [4.78, 5) is 0.00579. The molecule has 86 valence electrons. The largest absolute Gasteiger partial charge is 0.383 e. The number of H-pyrrole nitrogens is 1. The first kappa shape index (κ1) is 12.0. The van der Waals surface area contributed by atoms with Crippen molar-refractivity contribution in [2.45, 2.75) is 25.2 Å². The standard InChI is InChI=1S/C8H16N4O2S/c1-6(2)3-4-11-15(13,14)7-5-10-12-8(7)9/h5-6,11H,3-4H2,1-2H3,(H3,9,10,12). The molecule has 1 rings (SSSR count). The zero-order chi connectivity index (χ0) is 11.5. The van der Waals surface area contributed by atoms with Gasteiger partial charge in [-0.25, -0.2) is 13.1 Å². The molecular formula is C8H16N4O2S. The third-order valence-corrected chi connectivity index (χ3v) is 3.42. The monoisotopic (exact) mass is 232 g/mol. The number of aromatic nitrogens is 2. The Morgan fingerprint density at radius 2 is 2.27 bits per heavy atom. The Kier molecular flexibility index (Phi) is 3.70. The van der Waals surface area contributed by atoms with Crippen molar-refractivity contribution in [3.8, 4) is 0 Å². The van der Waals surface area contributed by atoms with Crippen LogP contribution < -0.4 is 10.5 Å². The maximum absolute atomic E-state index is 11.6. The van der Waals surface area contributed by atoms with Crippen LogP contribution in [0.3, 0.4) is 0 Å². The summed E-state index contributed by atoms with van der Waals surface area (Å²) in [6, 6.07) is 0. The second-order valence-corrected chi connectivity index (χ2v) is 5.46. The van der Waals surface area contributed by atoms with Gasteiger partial charge >= 0.3 is 0 Å². The van der Waals surface area contributed by atoms with Crippen LogP contribution in [0.5, 0.6) is 0 Å². The van der Waals surface area contributed by atoms with Gasteiger partial charge in [0.15, 0.2) is 0 Å². The summed E-state index contributed by atoms with van der Waals surface area (Å²) in [6.07, 6.45) is 1.99. The Bertz CT molecular complexity index is 410. The van der Waals surface area contributed by atoms with E-state index in [0.717, 1.165) is 6.42 Å². The molecule has 4 N–H and O–H groups in total. The fourth-order valence-electron chi connectivity index (χ4n) is 1.06. The zero-order valence-corrected chi connectivity index (χ0v) is 9.63. The maximum atomic E-state index is 11.6. The van der Waals surface area contributed by atoms with E-state index in [1.807, 2.05) is 13.8 Å². The lowest BCUT2D eigenvalue weighted by Crippen LogP contribution is -2.26. The van der Waals surface area contributed by atoms with E-state index >= 15 is 0 Å². The number of hydrogen-bond acceptors (Lipinski definition) is 4. The molecule has 0 atom stereocenters. The van der Waals surface area contributed by atoms with Crippen molar-refractivity contribution >= 4 is 15.8 Å². The molecule has 6 nitrogen and oxygen atoms in total. The number of sulfonamides is 1. The Hall–Kier alpha value is -1.08. The van der Waals surface area contributed by atoms with E-state index in [1.165, 1.54) is 6.20 Å². The summed E-state index contributed by atoms with van der Waals surface area (Å²) in [5.41, 5.74) is 5.42. The minimum Gasteiger partial charge on any atom is -0.383 e. The van der Waals surface area contributed by atoms with Crippen molar-refractivity contribution < 1.29 is 8.42 Å². The predicted molar refractivity (Wildman–Crippen MR) is 57.6 cm³/mol. The van der Waals surface area contributed by atoms with Gasteiger partial charge in [-0.05, 0) is 12.3 Å². The molecule has 1 aromatic heterocycles. The number of nitrogens with one attached hydrogen (secondary N) is 2. The van der Waals surface area contributed by atoms with Gasteiger partial charge in [0.05, 0.1) is 6.20 Å². The third-order valence-electron chi connectivity index (χ3n) is 1.94. The molecule has 0 fully saturated rings. The molecule has 7 heteroatoms. The van der Waals surface area contributed by atoms with Gasteiger partial charge < -0.3 is 5.73 Å². The van der Waals surface area contributed by atoms with Gasteiger partial charge in [0, 0.05) is 6.54 Å². The number of hydrogen-bond donors (Lipinski definition) is 3. The highest BCUT2D eigenvalue weighted by molar-refractivity contribution is 7.89. The van der Waals surface area contributed by atoms with Crippen molar-refractivity contribution in [1.82, 2.24) is 14.9 Å². The van der Waals surface area contributed by atoms with Crippen molar-refractivity contribution in [2.24, 2.45) is 5.92 Å². The fraction of sp³-hybridized carbons (Fsp3) is 0.625. The molecule has 1 aromatic rings. The fourth-order valence-corrected chi connectivity index (χ4v) is 2.13. The van der Waals surface area contributed by atoms with E-state index in [-0.39, 0.29) is 10.7 Å². The van der Waals surface area contributed by atoms with Crippen LogP contribution in [0.25, 0.3) is 0 Å². The summed E-state index contributed by atoms with van der Waals surface area (Å²) in [5.74, 6) is 0.515. The van der Waals surface area contributed by atoms with Gasteiger partial charge in [0.2, 0.25) is 10.0 Å². The molecule has 15 heavy (non-hydrogen) atoms. The molecule has 0 amide bonds. The van der Waals surface area contributed by atoms with Crippen LogP contribution in [0.1, 0.15) is 20.3 Å². The first-order valence-electron chi connectivity index (χ1n) is 4.72. The number of nitrogens with two attached hydrogens (primary N) is 1. The lowest BCUT2D eigenvalue weighted by atomic mass is 10.1. The highest BCUT2D eigenvalue weighted by atomic mass is 32.2. The van der Waals surface area contributed by atoms with Crippen LogP contribution in [0.15, 0.2) is 11.1 Å². The minimum absolute atomic E-state index is 0.00579. The summed E-state index contributed by atoms with van der Waals surface area (Å²) in [5, 5.41) is 5.94. The van der Waals surface area contributed by atoms with E-state index in [2.05, 4.69) is 14.9 Å². The van der Waals surface area contributed by atoms with E-state index in [4.69, 9.17) is 5.73 Å². The number of nitrogen functional groups attached to an aromatic ring is 1. The number of aromatic amines is 1. The highest BCUT2D eigenvalue weighted by Gasteiger charge is 2.18. The molecule has 0 aliphatic carbocycles. The summed E-state index contributed by atoms with van der Waals surface area (Å²) < 4.78 is 25.8. The Labute approximate surface area is 89.3 Å². The first-order chi connectivity index (χ1) is 6.93. The second kappa shape index (κ2) is 4.63. The quantitative estimate of drug-likeness (QED) is 0.680. The molecule has 0 aliphatic heterocycles. The maximum Gasteiger partial charge on any atom is 0.245 e. The normalized spacial score (nSPS) is 12.2. The number of anilines is 1. The molecule has 0 saturated heterocycles. The molecule has 0 spiro atoms. The van der Waals surface area contributed by atoms with Crippen LogP contribution in [-0.4, -0.2) is 25.2 Å². The minimum atomic E-state index is -3.51. The average molecular weight is 232 g/mol. The Morgan fingerprint density at radius 3 is 2.73 bits per heavy atom. The van der Waals surface area contributed by atoms with Gasteiger partial charge in [-0.15, -0.1) is 0 Å². The topological polar surface area (TPSA) is 101 Å². The second-order valence-electron chi connectivity index (χ2n) is 3.73. The summed E-state index contributed by atoms with van der Waals surface area (Å²) in [7, 11) is -3.51. The zero-order valence-electron chi connectivity index (χ0n) is 8.82. The van der Waals surface area contributed by atoms with Gasteiger partial charge in [0.1, 0.15) is 10.7 Å². The molecule has 0 unspecified atom stereocenters. The van der Waals surface area contributed by atoms with Crippen molar-refractivity contribution in [2.75, 3.05) is 12.3 Å². The third kappa shape index (κ3) is 3.21. The average Bonchev–Trinajstić information content (AvgIpc) is 2.50. The summed E-state index contributed by atoms with van der Waals surface area (Å²) in [6.45, 7) is 4.46. The van der Waals surface area contributed by atoms with Crippen LogP contribution in [0.4, 0.5) is 5.82 Å². The smallest absolute Gasteiger partial charge is 0.245 e. The van der Waals surface area contributed by atoms with E-state index in [9.17, 15) is 8.42 Å². The first-order valence-corrected chi connectivity index (χ1v) is 6.20. The van der Waals surface area contributed by atoms with E-state index < -0.39 is 10.0 Å². The lowest BCUT2D eigenvalue weighted by molar-refractivity contribution is 0.552. The van der Waals surface area contributed by atoms with Gasteiger partial charge in [0.25, 0.3) is 0 Å². The van der Waals surface area contributed by atoms with Gasteiger partial charge in [-0.3, -0.25) is 5.10 Å². The van der Waals surface area contributed by atoms with Crippen LogP contribution >= 0.6 is 0 Å². The Morgan fingerprint density at radius 1 is 1.60 bits per heavy atom. The van der Waals surface area contributed by atoms with Gasteiger partial charge in [-0.2, -0.15) is 5.10 Å². The lowest BCUT2D eigenvalue weighted by Gasteiger charge is -2.06. The molecule has 0 saturated carbocycles. The molecule has 0 bridgehead atoms. The molecule has 0 radical (unpaired) electrons. The number of nitrogens with zero attached hydrogens (tertiary/aromatic N) is 1. The van der Waals surface area contributed by atoms with Crippen molar-refractivity contribution in [3.05, 3.63) is 6.20 Å². The summed E-state index contributed by atoms with van der Waals surface area (Å²) >= 11 is 0. The highest BCUT2D eigenvalue weighted by Crippen LogP contribution is 2.13. The molecular weight excluding hydrogens is 216 g/mol. The molecule has 1 heterocycles. The van der Waals surface area contributed by atoms with E-state index in [0.29, 0.717) is 12.5 Å². The van der Waals surface area contributed by atoms with Crippen molar-refractivity contribution in [1.29, 1.82) is 0 Å². The van der Waals surface area contributed by atoms with Crippen molar-refractivity contribution in [3.63, 3.8) is 0 Å². The van der Waals surface area contributed by atoms with Gasteiger partial charge in [-0.1, -0.05) is 13.8 Å².